The van der Waals surface area contributed by atoms with Crippen molar-refractivity contribution in [2.45, 2.75) is 57.5 Å². The summed E-state index contributed by atoms with van der Waals surface area (Å²) in [7, 11) is 5.92. The average Bonchev–Trinajstić information content (AvgIpc) is 2.48. The van der Waals surface area contributed by atoms with Gasteiger partial charge in [0.05, 0.1) is 5.66 Å². The van der Waals surface area contributed by atoms with Crippen LogP contribution in [0.1, 0.15) is 39.5 Å². The SMILES string of the molecule is CNC(CCOCCCCOC(C)O)CC(C)(NC)NC. The Morgan fingerprint density at radius 3 is 2.19 bits per heavy atom. The smallest absolute Gasteiger partial charge is 0.151 e. The summed E-state index contributed by atoms with van der Waals surface area (Å²) < 4.78 is 10.7. The molecule has 0 aliphatic heterocycles. The van der Waals surface area contributed by atoms with Gasteiger partial charge < -0.3 is 30.5 Å². The number of ether oxygens (including phenoxy) is 2. The van der Waals surface area contributed by atoms with Crippen molar-refractivity contribution < 1.29 is 14.6 Å². The van der Waals surface area contributed by atoms with Crippen LogP contribution in [0.25, 0.3) is 0 Å². The van der Waals surface area contributed by atoms with Gasteiger partial charge in [-0.3, -0.25) is 0 Å². The summed E-state index contributed by atoms with van der Waals surface area (Å²) in [5.74, 6) is 0. The first-order valence-corrected chi connectivity index (χ1v) is 7.90. The molecule has 21 heavy (non-hydrogen) atoms. The quantitative estimate of drug-likeness (QED) is 0.279. The molecule has 0 radical (unpaired) electrons. The van der Waals surface area contributed by atoms with Crippen LogP contribution in [-0.4, -0.2) is 64.1 Å². The van der Waals surface area contributed by atoms with Gasteiger partial charge in [-0.15, -0.1) is 0 Å². The average molecular weight is 305 g/mol. The van der Waals surface area contributed by atoms with Crippen LogP contribution in [0.15, 0.2) is 0 Å². The van der Waals surface area contributed by atoms with E-state index in [0.717, 1.165) is 38.9 Å². The fourth-order valence-corrected chi connectivity index (χ4v) is 2.06. The standard InChI is InChI=1S/C15H35N3O3/c1-13(19)21-10-7-6-9-20-11-8-14(16-3)12-15(2,17-4)18-5/h13-14,16-19H,6-12H2,1-5H3. The summed E-state index contributed by atoms with van der Waals surface area (Å²) in [4.78, 5) is 0. The first-order chi connectivity index (χ1) is 9.97. The Bertz CT molecular complexity index is 236. The predicted octanol–water partition coefficient (Wildman–Crippen LogP) is 0.661. The number of nitrogens with one attached hydrogen (secondary N) is 3. The lowest BCUT2D eigenvalue weighted by atomic mass is 10.00. The summed E-state index contributed by atoms with van der Waals surface area (Å²) in [6.07, 6.45) is 3.18. The molecule has 0 saturated carbocycles. The van der Waals surface area contributed by atoms with Gasteiger partial charge in [-0.05, 0) is 60.7 Å². The molecule has 2 atom stereocenters. The highest BCUT2D eigenvalue weighted by Crippen LogP contribution is 2.10. The predicted molar refractivity (Wildman–Crippen MR) is 86.3 cm³/mol. The van der Waals surface area contributed by atoms with Crippen molar-refractivity contribution in [1.29, 1.82) is 0 Å². The number of aliphatic hydroxyl groups is 1. The van der Waals surface area contributed by atoms with Gasteiger partial charge in [0.1, 0.15) is 0 Å². The molecule has 0 amide bonds. The molecule has 0 saturated heterocycles. The van der Waals surface area contributed by atoms with E-state index in [2.05, 4.69) is 22.9 Å². The van der Waals surface area contributed by atoms with Crippen molar-refractivity contribution in [3.8, 4) is 0 Å². The van der Waals surface area contributed by atoms with Crippen molar-refractivity contribution in [3.63, 3.8) is 0 Å². The molecule has 0 spiro atoms. The minimum atomic E-state index is -0.670. The van der Waals surface area contributed by atoms with Crippen LogP contribution in [0.5, 0.6) is 0 Å². The Hall–Kier alpha value is -0.240. The second kappa shape index (κ2) is 12.3. The van der Waals surface area contributed by atoms with E-state index in [-0.39, 0.29) is 5.66 Å². The summed E-state index contributed by atoms with van der Waals surface area (Å²) in [6.45, 7) is 5.86. The third-order valence-electron chi connectivity index (χ3n) is 3.82. The van der Waals surface area contributed by atoms with E-state index in [0.29, 0.717) is 12.6 Å². The number of unbranched alkanes of at least 4 members (excludes halogenated alkanes) is 1. The molecule has 2 unspecified atom stereocenters. The van der Waals surface area contributed by atoms with Crippen molar-refractivity contribution in [3.05, 3.63) is 0 Å². The fourth-order valence-electron chi connectivity index (χ4n) is 2.06. The maximum Gasteiger partial charge on any atom is 0.151 e. The summed E-state index contributed by atoms with van der Waals surface area (Å²) in [5.41, 5.74) is -0.0635. The second-order valence-electron chi connectivity index (χ2n) is 5.60. The topological polar surface area (TPSA) is 74.8 Å². The van der Waals surface area contributed by atoms with E-state index < -0.39 is 6.29 Å². The maximum atomic E-state index is 8.94. The highest BCUT2D eigenvalue weighted by molar-refractivity contribution is 4.83. The highest BCUT2D eigenvalue weighted by Gasteiger charge is 2.23. The summed E-state index contributed by atoms with van der Waals surface area (Å²) >= 11 is 0. The van der Waals surface area contributed by atoms with Gasteiger partial charge in [0, 0.05) is 25.9 Å². The maximum absolute atomic E-state index is 8.94. The molecule has 0 aromatic carbocycles. The van der Waals surface area contributed by atoms with Crippen LogP contribution in [0.2, 0.25) is 0 Å². The van der Waals surface area contributed by atoms with Gasteiger partial charge in [0.25, 0.3) is 0 Å². The highest BCUT2D eigenvalue weighted by atomic mass is 16.6. The molecule has 0 fully saturated rings. The first-order valence-electron chi connectivity index (χ1n) is 7.90. The molecule has 6 heteroatoms. The van der Waals surface area contributed by atoms with Crippen LogP contribution in [0.3, 0.4) is 0 Å². The van der Waals surface area contributed by atoms with Crippen molar-refractivity contribution in [2.75, 3.05) is 41.0 Å². The van der Waals surface area contributed by atoms with Crippen LogP contribution in [0, 0.1) is 0 Å². The second-order valence-corrected chi connectivity index (χ2v) is 5.60. The van der Waals surface area contributed by atoms with Gasteiger partial charge in [-0.2, -0.15) is 0 Å². The van der Waals surface area contributed by atoms with Crippen molar-refractivity contribution in [1.82, 2.24) is 16.0 Å². The number of rotatable bonds is 14. The molecule has 0 bridgehead atoms. The van der Waals surface area contributed by atoms with Crippen LogP contribution < -0.4 is 16.0 Å². The zero-order valence-corrected chi connectivity index (χ0v) is 14.4. The van der Waals surface area contributed by atoms with E-state index >= 15 is 0 Å². The van der Waals surface area contributed by atoms with Gasteiger partial charge >= 0.3 is 0 Å². The number of hydrogen-bond acceptors (Lipinski definition) is 6. The first kappa shape index (κ1) is 20.8. The molecule has 4 N–H and O–H groups in total. The molecule has 128 valence electrons. The lowest BCUT2D eigenvalue weighted by molar-refractivity contribution is -0.0867. The normalized spacial score (nSPS) is 15.1. The molecule has 0 aromatic rings. The third-order valence-corrected chi connectivity index (χ3v) is 3.82. The Morgan fingerprint density at radius 1 is 1.05 bits per heavy atom. The Morgan fingerprint density at radius 2 is 1.67 bits per heavy atom. The molecule has 0 rings (SSSR count). The van der Waals surface area contributed by atoms with Crippen molar-refractivity contribution in [2.24, 2.45) is 0 Å². The van der Waals surface area contributed by atoms with E-state index in [9.17, 15) is 0 Å². The minimum absolute atomic E-state index is 0.0635. The minimum Gasteiger partial charge on any atom is -0.381 e. The van der Waals surface area contributed by atoms with Crippen LogP contribution in [0.4, 0.5) is 0 Å². The fraction of sp³-hybridized carbons (Fsp3) is 1.00. The molecule has 0 aliphatic rings. The number of hydrogen-bond donors (Lipinski definition) is 4. The summed E-state index contributed by atoms with van der Waals surface area (Å²) in [6, 6.07) is 0.411. The molecular weight excluding hydrogens is 270 g/mol. The lowest BCUT2D eigenvalue weighted by Gasteiger charge is -2.33. The van der Waals surface area contributed by atoms with Crippen molar-refractivity contribution >= 4 is 0 Å². The molecule has 0 heterocycles. The molecular formula is C15H35N3O3. The molecule has 6 nitrogen and oxygen atoms in total. The van der Waals surface area contributed by atoms with Crippen LogP contribution >= 0.6 is 0 Å². The number of aliphatic hydroxyl groups excluding tert-OH is 1. The van der Waals surface area contributed by atoms with Gasteiger partial charge in [-0.25, -0.2) is 0 Å². The van der Waals surface area contributed by atoms with Crippen LogP contribution in [-0.2, 0) is 9.47 Å². The third kappa shape index (κ3) is 11.0. The molecule has 0 aromatic heterocycles. The van der Waals surface area contributed by atoms with Gasteiger partial charge in [-0.1, -0.05) is 0 Å². The van der Waals surface area contributed by atoms with Gasteiger partial charge in [0.15, 0.2) is 6.29 Å². The lowest BCUT2D eigenvalue weighted by Crippen LogP contribution is -2.54. The van der Waals surface area contributed by atoms with E-state index in [1.54, 1.807) is 6.92 Å². The summed E-state index contributed by atoms with van der Waals surface area (Å²) in [5, 5.41) is 18.9. The zero-order valence-electron chi connectivity index (χ0n) is 14.4. The monoisotopic (exact) mass is 305 g/mol. The van der Waals surface area contributed by atoms with E-state index in [1.807, 2.05) is 21.1 Å². The largest absolute Gasteiger partial charge is 0.381 e. The zero-order chi connectivity index (χ0) is 16.1. The van der Waals surface area contributed by atoms with E-state index in [4.69, 9.17) is 14.6 Å². The Kier molecular flexibility index (Phi) is 12.2. The Labute approximate surface area is 130 Å². The van der Waals surface area contributed by atoms with E-state index in [1.165, 1.54) is 0 Å². The van der Waals surface area contributed by atoms with Gasteiger partial charge in [0.2, 0.25) is 0 Å². The Balaban J connectivity index is 3.64. The molecule has 0 aliphatic carbocycles.